The first-order chi connectivity index (χ1) is 14.4. The normalized spacial score (nSPS) is 19.3. The zero-order valence-corrected chi connectivity index (χ0v) is 17.4. The van der Waals surface area contributed by atoms with Crippen LogP contribution in [-0.2, 0) is 4.79 Å². The molecule has 0 radical (unpaired) electrons. The molecule has 3 N–H and O–H groups in total. The van der Waals surface area contributed by atoms with Crippen molar-refractivity contribution in [2.45, 2.75) is 11.9 Å². The third-order valence-electron chi connectivity index (χ3n) is 4.57. The molecule has 1 atom stereocenters. The van der Waals surface area contributed by atoms with E-state index in [0.29, 0.717) is 11.1 Å². The number of nitrogens with zero attached hydrogens (tertiary/aromatic N) is 2. The molecule has 0 aliphatic carbocycles. The number of thiophene rings is 1. The summed E-state index contributed by atoms with van der Waals surface area (Å²) >= 11 is 2.46. The van der Waals surface area contributed by atoms with Crippen LogP contribution in [0, 0.1) is 5.82 Å². The maximum absolute atomic E-state index is 13.2. The second kappa shape index (κ2) is 7.96. The Morgan fingerprint density at radius 2 is 2.10 bits per heavy atom. The van der Waals surface area contributed by atoms with Crippen molar-refractivity contribution in [2.75, 3.05) is 11.1 Å². The number of carboxylic acids is 1. The van der Waals surface area contributed by atoms with E-state index in [1.165, 1.54) is 36.0 Å². The van der Waals surface area contributed by atoms with E-state index in [9.17, 15) is 19.1 Å². The van der Waals surface area contributed by atoms with Gasteiger partial charge in [-0.05, 0) is 36.8 Å². The third-order valence-corrected chi connectivity index (χ3v) is 6.73. The quantitative estimate of drug-likeness (QED) is 0.626. The first-order valence-corrected chi connectivity index (χ1v) is 10.8. The van der Waals surface area contributed by atoms with Crippen LogP contribution in [0.25, 0.3) is 11.1 Å². The Balaban J connectivity index is 1.46. The number of carbonyl (C=O) groups is 2. The average Bonchev–Trinajstić information content (AvgIpc) is 3.29. The molecule has 7 nitrogen and oxygen atoms in total. The third kappa shape index (κ3) is 3.83. The number of aromatic carboxylic acids is 1. The number of fused-ring (bicyclic) bond motifs is 1. The molecule has 1 amide bonds. The van der Waals surface area contributed by atoms with Crippen LogP contribution >= 0.6 is 23.1 Å². The number of hydrogen-bond acceptors (Lipinski definition) is 7. The number of allylic oxidation sites excluding steroid dienone is 2. The SMILES string of the molecule is CC1(SCC(=O)Nc2scc(-c3ccc(F)cc3)c2C(=O)O)NN=C2C=CC=CN21. The van der Waals surface area contributed by atoms with E-state index < -0.39 is 16.8 Å². The lowest BCUT2D eigenvalue weighted by atomic mass is 10.0. The molecule has 0 bridgehead atoms. The number of amidine groups is 1. The molecule has 4 rings (SSSR count). The Labute approximate surface area is 180 Å². The predicted molar refractivity (Wildman–Crippen MR) is 117 cm³/mol. The van der Waals surface area contributed by atoms with Gasteiger partial charge in [0.2, 0.25) is 5.91 Å². The van der Waals surface area contributed by atoms with Gasteiger partial charge in [-0.25, -0.2) is 9.18 Å². The number of thioether (sulfide) groups is 1. The van der Waals surface area contributed by atoms with Crippen LogP contribution in [0.1, 0.15) is 17.3 Å². The number of carbonyl (C=O) groups excluding carboxylic acids is 1. The molecule has 0 saturated carbocycles. The summed E-state index contributed by atoms with van der Waals surface area (Å²) in [7, 11) is 0. The number of amides is 1. The standard InChI is InChI=1S/C20H17FN4O3S2/c1-20(24-23-15-4-2-3-9-25(15)20)30-11-16(26)22-18-17(19(27)28)14(10-29-18)12-5-7-13(21)8-6-12/h2-10,24H,11H2,1H3,(H,22,26)(H,27,28). The molecule has 0 spiro atoms. The molecular formula is C20H17FN4O3S2. The van der Waals surface area contributed by atoms with Gasteiger partial charge in [-0.1, -0.05) is 18.2 Å². The van der Waals surface area contributed by atoms with Gasteiger partial charge in [0.15, 0.2) is 10.8 Å². The topological polar surface area (TPSA) is 94.0 Å². The van der Waals surface area contributed by atoms with Crippen LogP contribution in [0.3, 0.4) is 0 Å². The first-order valence-electron chi connectivity index (χ1n) is 8.91. The number of hydrazone groups is 1. The number of carboxylic acid groups (broad SMARTS) is 1. The maximum atomic E-state index is 13.2. The number of benzene rings is 1. The molecule has 30 heavy (non-hydrogen) atoms. The van der Waals surface area contributed by atoms with E-state index in [0.717, 1.165) is 17.2 Å². The van der Waals surface area contributed by atoms with Gasteiger partial charge in [0.25, 0.3) is 0 Å². The van der Waals surface area contributed by atoms with E-state index in [2.05, 4.69) is 15.8 Å². The number of hydrogen-bond donors (Lipinski definition) is 3. The highest BCUT2D eigenvalue weighted by Gasteiger charge is 2.38. The highest BCUT2D eigenvalue weighted by molar-refractivity contribution is 8.01. The molecule has 154 valence electrons. The maximum Gasteiger partial charge on any atom is 0.339 e. The van der Waals surface area contributed by atoms with Gasteiger partial charge in [-0.3, -0.25) is 15.1 Å². The highest BCUT2D eigenvalue weighted by atomic mass is 32.2. The summed E-state index contributed by atoms with van der Waals surface area (Å²) in [6.07, 6.45) is 7.50. The molecule has 10 heteroatoms. The van der Waals surface area contributed by atoms with Crippen LogP contribution in [0.4, 0.5) is 9.39 Å². The molecule has 2 aliphatic heterocycles. The van der Waals surface area contributed by atoms with Gasteiger partial charge in [0, 0.05) is 17.1 Å². The minimum Gasteiger partial charge on any atom is -0.478 e. The van der Waals surface area contributed by atoms with Gasteiger partial charge in [0.05, 0.1) is 5.75 Å². The molecule has 1 unspecified atom stereocenters. The summed E-state index contributed by atoms with van der Waals surface area (Å²) < 4.78 is 13.2. The molecule has 0 saturated heterocycles. The predicted octanol–water partition coefficient (Wildman–Crippen LogP) is 3.90. The average molecular weight is 445 g/mol. The summed E-state index contributed by atoms with van der Waals surface area (Å²) in [5.41, 5.74) is 4.02. The Morgan fingerprint density at radius 3 is 2.83 bits per heavy atom. The van der Waals surface area contributed by atoms with Crippen molar-refractivity contribution in [1.29, 1.82) is 0 Å². The number of anilines is 1. The molecule has 2 aliphatic rings. The van der Waals surface area contributed by atoms with Crippen molar-refractivity contribution >= 4 is 45.8 Å². The zero-order chi connectivity index (χ0) is 21.3. The van der Waals surface area contributed by atoms with Gasteiger partial charge in [0.1, 0.15) is 16.4 Å². The van der Waals surface area contributed by atoms with E-state index in [1.54, 1.807) is 5.38 Å². The van der Waals surface area contributed by atoms with Crippen molar-refractivity contribution in [3.63, 3.8) is 0 Å². The monoisotopic (exact) mass is 444 g/mol. The Hall–Kier alpha value is -3.11. The first kappa shape index (κ1) is 20.2. The van der Waals surface area contributed by atoms with E-state index >= 15 is 0 Å². The van der Waals surface area contributed by atoms with Crippen LogP contribution in [0.15, 0.2) is 59.2 Å². The summed E-state index contributed by atoms with van der Waals surface area (Å²) in [5, 5.41) is 18.5. The Morgan fingerprint density at radius 1 is 1.33 bits per heavy atom. The lowest BCUT2D eigenvalue weighted by Gasteiger charge is -2.33. The van der Waals surface area contributed by atoms with Crippen LogP contribution in [0.2, 0.25) is 0 Å². The van der Waals surface area contributed by atoms with E-state index in [-0.39, 0.29) is 22.2 Å². The van der Waals surface area contributed by atoms with Crippen molar-refractivity contribution in [3.8, 4) is 11.1 Å². The van der Waals surface area contributed by atoms with Gasteiger partial charge < -0.3 is 10.4 Å². The van der Waals surface area contributed by atoms with Gasteiger partial charge in [-0.15, -0.1) is 23.1 Å². The minimum absolute atomic E-state index is 0.00937. The Kier molecular flexibility index (Phi) is 5.35. The Bertz CT molecular complexity index is 1090. The number of halogens is 1. The van der Waals surface area contributed by atoms with Crippen molar-refractivity contribution < 1.29 is 19.1 Å². The molecule has 1 aromatic heterocycles. The molecule has 1 aromatic carbocycles. The molecule has 0 fully saturated rings. The smallest absolute Gasteiger partial charge is 0.339 e. The van der Waals surface area contributed by atoms with E-state index in [1.807, 2.05) is 36.3 Å². The summed E-state index contributed by atoms with van der Waals surface area (Å²) in [6, 6.07) is 5.55. The number of rotatable bonds is 6. The molecule has 2 aromatic rings. The lowest BCUT2D eigenvalue weighted by Crippen LogP contribution is -2.46. The molecular weight excluding hydrogens is 427 g/mol. The second-order valence-corrected chi connectivity index (χ2v) is 8.89. The van der Waals surface area contributed by atoms with Crippen LogP contribution in [-0.4, -0.2) is 38.5 Å². The van der Waals surface area contributed by atoms with Gasteiger partial charge in [-0.2, -0.15) is 5.10 Å². The fraction of sp³-hybridized carbons (Fsp3) is 0.150. The molecule has 3 heterocycles. The number of nitrogens with one attached hydrogen (secondary N) is 2. The van der Waals surface area contributed by atoms with Gasteiger partial charge >= 0.3 is 5.97 Å². The van der Waals surface area contributed by atoms with E-state index in [4.69, 9.17) is 0 Å². The fourth-order valence-corrected chi connectivity index (χ4v) is 4.94. The summed E-state index contributed by atoms with van der Waals surface area (Å²) in [5.74, 6) is -1.06. The van der Waals surface area contributed by atoms with Crippen LogP contribution < -0.4 is 10.7 Å². The second-order valence-electron chi connectivity index (χ2n) is 6.64. The van der Waals surface area contributed by atoms with Crippen molar-refractivity contribution in [2.24, 2.45) is 5.10 Å². The van der Waals surface area contributed by atoms with Crippen LogP contribution in [0.5, 0.6) is 0 Å². The lowest BCUT2D eigenvalue weighted by molar-refractivity contribution is -0.113. The fourth-order valence-electron chi connectivity index (χ4n) is 3.08. The highest BCUT2D eigenvalue weighted by Crippen LogP contribution is 2.36. The minimum atomic E-state index is -1.16. The largest absolute Gasteiger partial charge is 0.478 e. The van der Waals surface area contributed by atoms with Crippen molar-refractivity contribution in [1.82, 2.24) is 10.3 Å². The zero-order valence-electron chi connectivity index (χ0n) is 15.8. The van der Waals surface area contributed by atoms with Crippen molar-refractivity contribution in [3.05, 3.63) is 65.5 Å². The summed E-state index contributed by atoms with van der Waals surface area (Å²) in [6.45, 7) is 1.91. The summed E-state index contributed by atoms with van der Waals surface area (Å²) in [4.78, 5) is 25.7.